The summed E-state index contributed by atoms with van der Waals surface area (Å²) in [6, 6.07) is 11.4. The van der Waals surface area contributed by atoms with Gasteiger partial charge in [0.25, 0.3) is 0 Å². The highest BCUT2D eigenvalue weighted by atomic mass is 19.1. The van der Waals surface area contributed by atoms with E-state index in [9.17, 15) is 9.18 Å². The van der Waals surface area contributed by atoms with Gasteiger partial charge in [0.05, 0.1) is 39.7 Å². The van der Waals surface area contributed by atoms with E-state index in [0.717, 1.165) is 39.3 Å². The third-order valence-corrected chi connectivity index (χ3v) is 5.26. The van der Waals surface area contributed by atoms with Crippen LogP contribution in [0.15, 0.2) is 42.5 Å². The third-order valence-electron chi connectivity index (χ3n) is 5.26. The number of benzene rings is 2. The maximum Gasteiger partial charge on any atom is 0.322 e. The second-order valence-corrected chi connectivity index (χ2v) is 7.32. The van der Waals surface area contributed by atoms with Crippen LogP contribution in [-0.4, -0.2) is 69.4 Å². The highest BCUT2D eigenvalue weighted by Gasteiger charge is 2.19. The van der Waals surface area contributed by atoms with Crippen LogP contribution in [0.3, 0.4) is 0 Å². The molecule has 0 unspecified atom stereocenters. The summed E-state index contributed by atoms with van der Waals surface area (Å²) in [7, 11) is 3.10. The molecule has 0 bridgehead atoms. The Morgan fingerprint density at radius 2 is 1.94 bits per heavy atom. The standard InChI is InChI=1S/C23H30FN3O4/c1-29-19-8-9-21(22(16-19)30-2)25-23(28)27(17-18-6-3-4-7-20(18)24)11-5-10-26-12-14-31-15-13-26/h3-4,6-9,16H,5,10-15,17H2,1-2H3,(H,25,28). The van der Waals surface area contributed by atoms with E-state index >= 15 is 0 Å². The van der Waals surface area contributed by atoms with Crippen molar-refractivity contribution in [3.05, 3.63) is 53.8 Å². The van der Waals surface area contributed by atoms with E-state index < -0.39 is 0 Å². The minimum absolute atomic E-state index is 0.181. The summed E-state index contributed by atoms with van der Waals surface area (Å²) in [4.78, 5) is 17.0. The molecule has 3 rings (SSSR count). The first-order valence-corrected chi connectivity index (χ1v) is 10.4. The molecule has 0 aliphatic carbocycles. The van der Waals surface area contributed by atoms with Crippen molar-refractivity contribution in [1.82, 2.24) is 9.80 Å². The molecule has 2 amide bonds. The van der Waals surface area contributed by atoms with E-state index in [1.165, 1.54) is 13.2 Å². The minimum atomic E-state index is -0.324. The van der Waals surface area contributed by atoms with Gasteiger partial charge < -0.3 is 24.4 Å². The van der Waals surface area contributed by atoms with Gasteiger partial charge in [-0.05, 0) is 24.6 Å². The van der Waals surface area contributed by atoms with Gasteiger partial charge in [-0.3, -0.25) is 4.90 Å². The van der Waals surface area contributed by atoms with Crippen LogP contribution < -0.4 is 14.8 Å². The molecule has 1 aliphatic rings. The predicted octanol–water partition coefficient (Wildman–Crippen LogP) is 3.60. The smallest absolute Gasteiger partial charge is 0.322 e. The number of morpholine rings is 1. The van der Waals surface area contributed by atoms with Crippen LogP contribution in [-0.2, 0) is 11.3 Å². The Hall–Kier alpha value is -2.84. The van der Waals surface area contributed by atoms with Crippen LogP contribution in [0.5, 0.6) is 11.5 Å². The lowest BCUT2D eigenvalue weighted by Crippen LogP contribution is -2.40. The van der Waals surface area contributed by atoms with Crippen molar-refractivity contribution in [2.24, 2.45) is 0 Å². The summed E-state index contributed by atoms with van der Waals surface area (Å²) >= 11 is 0. The van der Waals surface area contributed by atoms with Crippen molar-refractivity contribution in [2.75, 3.05) is 58.9 Å². The van der Waals surface area contributed by atoms with Crippen molar-refractivity contribution in [1.29, 1.82) is 0 Å². The zero-order chi connectivity index (χ0) is 22.1. The first-order chi connectivity index (χ1) is 15.1. The van der Waals surface area contributed by atoms with Gasteiger partial charge in [0, 0.05) is 37.8 Å². The van der Waals surface area contributed by atoms with Crippen LogP contribution in [0.1, 0.15) is 12.0 Å². The summed E-state index contributed by atoms with van der Waals surface area (Å²) in [6.07, 6.45) is 0.779. The first-order valence-electron chi connectivity index (χ1n) is 10.4. The Bertz CT molecular complexity index is 858. The molecule has 7 nitrogen and oxygen atoms in total. The van der Waals surface area contributed by atoms with Gasteiger partial charge in [0.15, 0.2) is 0 Å². The molecule has 0 aromatic heterocycles. The average molecular weight is 432 g/mol. The number of nitrogens with one attached hydrogen (secondary N) is 1. The second-order valence-electron chi connectivity index (χ2n) is 7.32. The zero-order valence-electron chi connectivity index (χ0n) is 18.1. The number of halogens is 1. The second kappa shape index (κ2) is 11.5. The molecule has 31 heavy (non-hydrogen) atoms. The predicted molar refractivity (Wildman–Crippen MR) is 117 cm³/mol. The molecule has 8 heteroatoms. The SMILES string of the molecule is COc1ccc(NC(=O)N(CCCN2CCOCC2)Cc2ccccc2F)c(OC)c1. The molecule has 1 fully saturated rings. The number of anilines is 1. The van der Waals surface area contributed by atoms with Crippen LogP contribution >= 0.6 is 0 Å². The molecule has 1 heterocycles. The summed E-state index contributed by atoms with van der Waals surface area (Å²) in [5, 5.41) is 2.89. The van der Waals surface area contributed by atoms with Crippen molar-refractivity contribution >= 4 is 11.7 Å². The molecule has 1 N–H and O–H groups in total. The Kier molecular flexibility index (Phi) is 8.49. The molecular formula is C23H30FN3O4. The number of nitrogens with zero attached hydrogens (tertiary/aromatic N) is 2. The molecule has 2 aromatic carbocycles. The van der Waals surface area contributed by atoms with Gasteiger partial charge in [-0.25, -0.2) is 9.18 Å². The van der Waals surface area contributed by atoms with Gasteiger partial charge >= 0.3 is 6.03 Å². The van der Waals surface area contributed by atoms with Crippen LogP contribution in [0, 0.1) is 5.82 Å². The molecule has 2 aromatic rings. The molecule has 0 saturated carbocycles. The lowest BCUT2D eigenvalue weighted by Gasteiger charge is -2.28. The summed E-state index contributed by atoms with van der Waals surface area (Å²) in [6.45, 7) is 4.78. The third kappa shape index (κ3) is 6.57. The number of amides is 2. The normalized spacial score (nSPS) is 14.2. The minimum Gasteiger partial charge on any atom is -0.497 e. The van der Waals surface area contributed by atoms with Gasteiger partial charge in [-0.1, -0.05) is 18.2 Å². The number of hydrogen-bond donors (Lipinski definition) is 1. The highest BCUT2D eigenvalue weighted by molar-refractivity contribution is 5.91. The molecule has 168 valence electrons. The van der Waals surface area contributed by atoms with Crippen molar-refractivity contribution in [2.45, 2.75) is 13.0 Å². The van der Waals surface area contributed by atoms with Gasteiger partial charge in [-0.15, -0.1) is 0 Å². The Morgan fingerprint density at radius 3 is 2.65 bits per heavy atom. The average Bonchev–Trinajstić information content (AvgIpc) is 2.80. The summed E-state index contributed by atoms with van der Waals surface area (Å²) in [5.74, 6) is 0.797. The fourth-order valence-corrected chi connectivity index (χ4v) is 3.49. The van der Waals surface area contributed by atoms with E-state index in [-0.39, 0.29) is 18.4 Å². The number of carbonyl (C=O) groups is 1. The van der Waals surface area contributed by atoms with Crippen LogP contribution in [0.2, 0.25) is 0 Å². The fourth-order valence-electron chi connectivity index (χ4n) is 3.49. The number of hydrogen-bond acceptors (Lipinski definition) is 5. The summed E-state index contributed by atoms with van der Waals surface area (Å²) < 4.78 is 30.2. The van der Waals surface area contributed by atoms with E-state index in [0.29, 0.717) is 29.3 Å². The number of ether oxygens (including phenoxy) is 3. The quantitative estimate of drug-likeness (QED) is 0.657. The van der Waals surface area contributed by atoms with E-state index in [2.05, 4.69) is 10.2 Å². The molecule has 1 saturated heterocycles. The van der Waals surface area contributed by atoms with Gasteiger partial charge in [0.2, 0.25) is 0 Å². The topological polar surface area (TPSA) is 63.3 Å². The maximum absolute atomic E-state index is 14.2. The lowest BCUT2D eigenvalue weighted by molar-refractivity contribution is 0.0365. The Labute approximate surface area is 182 Å². The highest BCUT2D eigenvalue weighted by Crippen LogP contribution is 2.29. The van der Waals surface area contributed by atoms with Crippen LogP contribution in [0.25, 0.3) is 0 Å². The van der Waals surface area contributed by atoms with Gasteiger partial charge in [-0.2, -0.15) is 0 Å². The molecule has 1 aliphatic heterocycles. The van der Waals surface area contributed by atoms with Crippen molar-refractivity contribution in [3.63, 3.8) is 0 Å². The largest absolute Gasteiger partial charge is 0.497 e. The molecular weight excluding hydrogens is 401 g/mol. The Balaban J connectivity index is 1.69. The zero-order valence-corrected chi connectivity index (χ0v) is 18.1. The summed E-state index contributed by atoms with van der Waals surface area (Å²) in [5.41, 5.74) is 1.01. The Morgan fingerprint density at radius 1 is 1.16 bits per heavy atom. The maximum atomic E-state index is 14.2. The molecule has 0 atom stereocenters. The van der Waals surface area contributed by atoms with Gasteiger partial charge in [0.1, 0.15) is 17.3 Å². The van der Waals surface area contributed by atoms with E-state index in [1.54, 1.807) is 48.4 Å². The number of carbonyl (C=O) groups excluding carboxylic acids is 1. The number of methoxy groups -OCH3 is 2. The van der Waals surface area contributed by atoms with Crippen LogP contribution in [0.4, 0.5) is 14.9 Å². The number of urea groups is 1. The monoisotopic (exact) mass is 431 g/mol. The number of rotatable bonds is 9. The molecule has 0 radical (unpaired) electrons. The van der Waals surface area contributed by atoms with E-state index in [4.69, 9.17) is 14.2 Å². The molecule has 0 spiro atoms. The first kappa shape index (κ1) is 22.8. The van der Waals surface area contributed by atoms with E-state index in [1.807, 2.05) is 0 Å². The lowest BCUT2D eigenvalue weighted by atomic mass is 10.2. The van der Waals surface area contributed by atoms with Crippen molar-refractivity contribution < 1.29 is 23.4 Å². The fraction of sp³-hybridized carbons (Fsp3) is 0.435. The van der Waals surface area contributed by atoms with Crippen molar-refractivity contribution in [3.8, 4) is 11.5 Å².